The molecule has 1 fully saturated rings. The van der Waals surface area contributed by atoms with Crippen LogP contribution in [-0.2, 0) is 9.31 Å². The van der Waals surface area contributed by atoms with Crippen molar-refractivity contribution in [3.05, 3.63) is 66.5 Å². The monoisotopic (exact) mass is 381 g/mol. The van der Waals surface area contributed by atoms with E-state index in [9.17, 15) is 0 Å². The maximum atomic E-state index is 8.91. The molecule has 0 N–H and O–H groups in total. The van der Waals surface area contributed by atoms with Gasteiger partial charge in [-0.05, 0) is 62.4 Å². The minimum absolute atomic E-state index is 0.0554. The molecule has 3 nitrogen and oxygen atoms in total. The van der Waals surface area contributed by atoms with E-state index in [1.165, 1.54) is 0 Å². The fourth-order valence-electron chi connectivity index (χ4n) is 2.98. The summed E-state index contributed by atoms with van der Waals surface area (Å²) in [4.78, 5) is 0. The number of fused-ring (bicyclic) bond motifs is 3. The molecule has 0 bridgehead atoms. The van der Waals surface area contributed by atoms with Crippen LogP contribution in [0.3, 0.4) is 0 Å². The summed E-state index contributed by atoms with van der Waals surface area (Å²) in [6, 6.07) is -6.12. The van der Waals surface area contributed by atoms with Crippen LogP contribution in [0, 0.1) is 0 Å². The lowest BCUT2D eigenvalue weighted by Crippen LogP contribution is -2.41. The van der Waals surface area contributed by atoms with Crippen molar-refractivity contribution >= 4 is 34.5 Å². The van der Waals surface area contributed by atoms with Gasteiger partial charge in [0.2, 0.25) is 0 Å². The average molecular weight is 381 g/mol. The van der Waals surface area contributed by atoms with E-state index in [1.54, 1.807) is 27.7 Å². The Labute approximate surface area is 180 Å². The van der Waals surface area contributed by atoms with Crippen molar-refractivity contribution in [1.82, 2.24) is 0 Å². The highest BCUT2D eigenvalue weighted by Gasteiger charge is 2.51. The van der Waals surface area contributed by atoms with Crippen LogP contribution < -0.4 is 5.46 Å². The molecule has 5 rings (SSSR count). The molecule has 0 radical (unpaired) electrons. The molecular formula is C24H23BO3. The molecule has 1 aliphatic heterocycles. The molecule has 140 valence electrons. The van der Waals surface area contributed by atoms with Crippen molar-refractivity contribution in [2.75, 3.05) is 0 Å². The van der Waals surface area contributed by atoms with Crippen LogP contribution in [0.15, 0.2) is 70.9 Å². The first-order valence-corrected chi connectivity index (χ1v) is 8.83. The standard InChI is InChI=1S/C24H23BO3/c1-23(2)24(3,4)28-25(27-23)18-11-12-19-20-14-17(16-8-6-5-7-9-16)10-13-21(20)26-22(19)15-18/h5-15H,1-4H3/i5D,6D,7D,8D,9D,10D,11D,12D,13D,14D,15D. The number of rotatable bonds is 2. The Bertz CT molecular complexity index is 1700. The Morgan fingerprint density at radius 1 is 0.714 bits per heavy atom. The second-order valence-corrected chi connectivity index (χ2v) is 7.64. The summed E-state index contributed by atoms with van der Waals surface area (Å²) < 4.78 is 111. The number of hydrogen-bond acceptors (Lipinski definition) is 3. The predicted molar refractivity (Wildman–Crippen MR) is 115 cm³/mol. The predicted octanol–water partition coefficient (Wildman–Crippen LogP) is 5.55. The Kier molecular flexibility index (Phi) is 1.98. The highest BCUT2D eigenvalue weighted by atomic mass is 16.7. The average Bonchev–Trinajstić information content (AvgIpc) is 3.36. The summed E-state index contributed by atoms with van der Waals surface area (Å²) >= 11 is 0. The first kappa shape index (κ1) is 9.30. The third kappa shape index (κ3) is 2.68. The molecule has 4 heteroatoms. The molecule has 0 spiro atoms. The minimum atomic E-state index is -1.16. The van der Waals surface area contributed by atoms with Crippen molar-refractivity contribution in [3.63, 3.8) is 0 Å². The van der Waals surface area contributed by atoms with Crippen molar-refractivity contribution in [1.29, 1.82) is 0 Å². The van der Waals surface area contributed by atoms with E-state index >= 15 is 0 Å². The Balaban J connectivity index is 1.88. The van der Waals surface area contributed by atoms with Crippen molar-refractivity contribution in [2.24, 2.45) is 0 Å². The summed E-state index contributed by atoms with van der Waals surface area (Å²) in [5, 5.41) is -0.298. The van der Waals surface area contributed by atoms with E-state index in [1.807, 2.05) is 0 Å². The van der Waals surface area contributed by atoms with Crippen LogP contribution in [0.25, 0.3) is 33.1 Å². The van der Waals surface area contributed by atoms with Crippen LogP contribution in [0.4, 0.5) is 0 Å². The summed E-state index contributed by atoms with van der Waals surface area (Å²) in [5.74, 6) is 0. The summed E-state index contributed by atoms with van der Waals surface area (Å²) in [6.07, 6.45) is 0. The van der Waals surface area contributed by atoms with E-state index in [0.29, 0.717) is 0 Å². The number of hydrogen-bond donors (Lipinski definition) is 0. The Hall–Kier alpha value is -2.56. The van der Waals surface area contributed by atoms with Crippen molar-refractivity contribution in [3.8, 4) is 11.1 Å². The van der Waals surface area contributed by atoms with Gasteiger partial charge in [-0.1, -0.05) is 48.3 Å². The van der Waals surface area contributed by atoms with E-state index in [4.69, 9.17) is 28.8 Å². The fraction of sp³-hybridized carbons (Fsp3) is 0.250. The van der Waals surface area contributed by atoms with Crippen LogP contribution in [0.1, 0.15) is 42.8 Å². The van der Waals surface area contributed by atoms with E-state index in [0.717, 1.165) is 0 Å². The molecule has 1 saturated heterocycles. The maximum Gasteiger partial charge on any atom is 0.494 e. The SMILES string of the molecule is [2H]c1c([2H])c([2H])c(-c2c([2H])c([2H])c3oc4c([2H])c(B5OC(C)(C)C(C)(C)O5)c([2H])c([2H])c4c3c2[2H])c([2H])c1[2H]. The van der Waals surface area contributed by atoms with Gasteiger partial charge in [0.15, 0.2) is 0 Å². The van der Waals surface area contributed by atoms with Crippen molar-refractivity contribution < 1.29 is 28.8 Å². The molecule has 0 unspecified atom stereocenters. The second-order valence-electron chi connectivity index (χ2n) is 7.64. The summed E-state index contributed by atoms with van der Waals surface area (Å²) in [6.45, 7) is 7.21. The van der Waals surface area contributed by atoms with Gasteiger partial charge in [-0.2, -0.15) is 0 Å². The zero-order valence-corrected chi connectivity index (χ0v) is 15.8. The van der Waals surface area contributed by atoms with Gasteiger partial charge in [0.1, 0.15) is 11.2 Å². The molecule has 0 aliphatic carbocycles. The summed E-state index contributed by atoms with van der Waals surface area (Å²) in [5.41, 5.74) is -2.97. The van der Waals surface area contributed by atoms with Crippen LogP contribution in [0.5, 0.6) is 0 Å². The normalized spacial score (nSPS) is 23.7. The van der Waals surface area contributed by atoms with E-state index in [2.05, 4.69) is 0 Å². The van der Waals surface area contributed by atoms with Gasteiger partial charge in [0.25, 0.3) is 0 Å². The largest absolute Gasteiger partial charge is 0.494 e. The smallest absolute Gasteiger partial charge is 0.456 e. The number of benzene rings is 3. The third-order valence-electron chi connectivity index (χ3n) is 5.27. The minimum Gasteiger partial charge on any atom is -0.456 e. The van der Waals surface area contributed by atoms with Gasteiger partial charge in [-0.3, -0.25) is 0 Å². The van der Waals surface area contributed by atoms with Gasteiger partial charge in [0.05, 0.1) is 26.3 Å². The van der Waals surface area contributed by atoms with Crippen LogP contribution in [-0.4, -0.2) is 18.3 Å². The van der Waals surface area contributed by atoms with E-state index < -0.39 is 89.9 Å². The molecule has 0 atom stereocenters. The van der Waals surface area contributed by atoms with Gasteiger partial charge in [0, 0.05) is 10.8 Å². The van der Waals surface area contributed by atoms with Gasteiger partial charge in [-0.15, -0.1) is 0 Å². The molecule has 1 aliphatic rings. The lowest BCUT2D eigenvalue weighted by atomic mass is 9.79. The topological polar surface area (TPSA) is 31.6 Å². The molecule has 4 aromatic rings. The molecule has 2 heterocycles. The molecular weight excluding hydrogens is 347 g/mol. The molecule has 1 aromatic heterocycles. The first-order chi connectivity index (χ1) is 17.9. The van der Waals surface area contributed by atoms with Gasteiger partial charge >= 0.3 is 7.12 Å². The molecule has 0 saturated carbocycles. The zero-order valence-electron chi connectivity index (χ0n) is 26.8. The zero-order chi connectivity index (χ0) is 29.1. The highest BCUT2D eigenvalue weighted by molar-refractivity contribution is 6.62. The van der Waals surface area contributed by atoms with Gasteiger partial charge < -0.3 is 13.7 Å². The Morgan fingerprint density at radius 2 is 1.43 bits per heavy atom. The first-order valence-electron chi connectivity index (χ1n) is 14.3. The second kappa shape index (κ2) is 5.97. The summed E-state index contributed by atoms with van der Waals surface area (Å²) in [7, 11) is -1.16. The Morgan fingerprint density at radius 3 is 2.14 bits per heavy atom. The lowest BCUT2D eigenvalue weighted by molar-refractivity contribution is 0.00578. The maximum absolute atomic E-state index is 8.91. The number of furan rings is 1. The third-order valence-corrected chi connectivity index (χ3v) is 5.27. The highest BCUT2D eigenvalue weighted by Crippen LogP contribution is 2.37. The van der Waals surface area contributed by atoms with Gasteiger partial charge in [-0.25, -0.2) is 0 Å². The molecule has 28 heavy (non-hydrogen) atoms. The van der Waals surface area contributed by atoms with Crippen LogP contribution in [0.2, 0.25) is 0 Å². The lowest BCUT2D eigenvalue weighted by Gasteiger charge is -2.32. The fourth-order valence-corrected chi connectivity index (χ4v) is 2.98. The molecule has 0 amide bonds. The molecule has 3 aromatic carbocycles. The van der Waals surface area contributed by atoms with Crippen molar-refractivity contribution in [2.45, 2.75) is 38.9 Å². The van der Waals surface area contributed by atoms with E-state index in [-0.39, 0.29) is 33.4 Å². The quantitative estimate of drug-likeness (QED) is 0.427. The van der Waals surface area contributed by atoms with Crippen LogP contribution >= 0.6 is 0 Å².